The number of nitrogens with two attached hydrogens (primary N) is 1. The van der Waals surface area contributed by atoms with Gasteiger partial charge in [-0.3, -0.25) is 4.79 Å². The molecular formula is C13H18N2O3S. The average molecular weight is 282 g/mol. The van der Waals surface area contributed by atoms with Gasteiger partial charge in [-0.05, 0) is 19.1 Å². The quantitative estimate of drug-likeness (QED) is 0.561. The van der Waals surface area contributed by atoms with Gasteiger partial charge in [-0.2, -0.15) is 0 Å². The van der Waals surface area contributed by atoms with Crippen molar-refractivity contribution >= 4 is 28.8 Å². The summed E-state index contributed by atoms with van der Waals surface area (Å²) in [6.45, 7) is 3.02. The number of amides is 1. The SMILES string of the molecule is CCOCCC(=O)Nc1ccccc1OCC(N)=S. The highest BCUT2D eigenvalue weighted by Gasteiger charge is 2.07. The summed E-state index contributed by atoms with van der Waals surface area (Å²) >= 11 is 4.75. The molecule has 0 saturated carbocycles. The smallest absolute Gasteiger partial charge is 0.226 e. The molecule has 0 aliphatic heterocycles. The second-order valence-electron chi connectivity index (χ2n) is 3.75. The Hall–Kier alpha value is -1.66. The van der Waals surface area contributed by atoms with Crippen molar-refractivity contribution in [2.24, 2.45) is 5.73 Å². The molecule has 104 valence electrons. The number of benzene rings is 1. The molecule has 1 amide bonds. The van der Waals surface area contributed by atoms with E-state index < -0.39 is 0 Å². The molecular weight excluding hydrogens is 264 g/mol. The molecule has 0 radical (unpaired) electrons. The lowest BCUT2D eigenvalue weighted by Gasteiger charge is -2.11. The lowest BCUT2D eigenvalue weighted by atomic mass is 10.3. The minimum Gasteiger partial charge on any atom is -0.484 e. The molecule has 0 heterocycles. The minimum atomic E-state index is -0.125. The molecule has 0 aromatic heterocycles. The predicted molar refractivity (Wildman–Crippen MR) is 78.5 cm³/mol. The fraction of sp³-hybridized carbons (Fsp3) is 0.385. The molecule has 5 nitrogen and oxygen atoms in total. The lowest BCUT2D eigenvalue weighted by molar-refractivity contribution is -0.117. The van der Waals surface area contributed by atoms with Gasteiger partial charge in [0.25, 0.3) is 0 Å². The number of thiocarbonyl (C=S) groups is 1. The van der Waals surface area contributed by atoms with Gasteiger partial charge >= 0.3 is 0 Å². The molecule has 0 bridgehead atoms. The van der Waals surface area contributed by atoms with Gasteiger partial charge in [-0.15, -0.1) is 0 Å². The van der Waals surface area contributed by atoms with Crippen LogP contribution >= 0.6 is 12.2 Å². The summed E-state index contributed by atoms with van der Waals surface area (Å²) in [6.07, 6.45) is 0.303. The van der Waals surface area contributed by atoms with Crippen LogP contribution in [-0.4, -0.2) is 30.7 Å². The summed E-state index contributed by atoms with van der Waals surface area (Å²) in [6, 6.07) is 7.13. The highest BCUT2D eigenvalue weighted by molar-refractivity contribution is 7.80. The zero-order chi connectivity index (χ0) is 14.1. The van der Waals surface area contributed by atoms with Crippen molar-refractivity contribution in [3.63, 3.8) is 0 Å². The molecule has 0 aliphatic carbocycles. The Morgan fingerprint density at radius 3 is 2.84 bits per heavy atom. The molecule has 6 heteroatoms. The maximum absolute atomic E-state index is 11.7. The second kappa shape index (κ2) is 8.44. The van der Waals surface area contributed by atoms with Crippen molar-refractivity contribution in [2.45, 2.75) is 13.3 Å². The van der Waals surface area contributed by atoms with Gasteiger partial charge < -0.3 is 20.5 Å². The van der Waals surface area contributed by atoms with Gasteiger partial charge in [0.1, 0.15) is 17.3 Å². The summed E-state index contributed by atoms with van der Waals surface area (Å²) in [4.78, 5) is 11.9. The molecule has 19 heavy (non-hydrogen) atoms. The molecule has 1 aromatic carbocycles. The van der Waals surface area contributed by atoms with E-state index in [4.69, 9.17) is 27.4 Å². The maximum atomic E-state index is 11.7. The van der Waals surface area contributed by atoms with E-state index in [-0.39, 0.29) is 17.5 Å². The first-order valence-electron chi connectivity index (χ1n) is 6.01. The maximum Gasteiger partial charge on any atom is 0.226 e. The van der Waals surface area contributed by atoms with Gasteiger partial charge in [-0.1, -0.05) is 24.4 Å². The molecule has 0 fully saturated rings. The standard InChI is InChI=1S/C13H18N2O3S/c1-2-17-8-7-13(16)15-10-5-3-4-6-11(10)18-9-12(14)19/h3-6H,2,7-9H2,1H3,(H2,14,19)(H,15,16). The van der Waals surface area contributed by atoms with E-state index in [9.17, 15) is 4.79 Å². The fourth-order valence-electron chi connectivity index (χ4n) is 1.37. The van der Waals surface area contributed by atoms with Gasteiger partial charge in [0.2, 0.25) is 5.91 Å². The van der Waals surface area contributed by atoms with Crippen molar-refractivity contribution in [3.8, 4) is 5.75 Å². The van der Waals surface area contributed by atoms with Gasteiger partial charge in [0, 0.05) is 6.61 Å². The Labute approximate surface area is 118 Å². The van der Waals surface area contributed by atoms with Gasteiger partial charge in [-0.25, -0.2) is 0 Å². The van der Waals surface area contributed by atoms with E-state index in [0.29, 0.717) is 31.1 Å². The third-order valence-electron chi connectivity index (χ3n) is 2.21. The zero-order valence-corrected chi connectivity index (χ0v) is 11.7. The number of rotatable bonds is 8. The summed E-state index contributed by atoms with van der Waals surface area (Å²) in [5, 5.41) is 2.77. The Kier molecular flexibility index (Phi) is 6.84. The number of hydrogen-bond donors (Lipinski definition) is 2. The summed E-state index contributed by atoms with van der Waals surface area (Å²) in [5.74, 6) is 0.417. The van der Waals surface area contributed by atoms with E-state index >= 15 is 0 Å². The van der Waals surface area contributed by atoms with Gasteiger partial charge in [0.15, 0.2) is 0 Å². The summed E-state index contributed by atoms with van der Waals surface area (Å²) < 4.78 is 10.5. The molecule has 3 N–H and O–H groups in total. The topological polar surface area (TPSA) is 73.6 Å². The first-order valence-corrected chi connectivity index (χ1v) is 6.42. The third-order valence-corrected chi connectivity index (χ3v) is 2.33. The first kappa shape index (κ1) is 15.4. The summed E-state index contributed by atoms with van der Waals surface area (Å²) in [7, 11) is 0. The molecule has 0 atom stereocenters. The number of ether oxygens (including phenoxy) is 2. The van der Waals surface area contributed by atoms with E-state index in [1.165, 1.54) is 0 Å². The second-order valence-corrected chi connectivity index (χ2v) is 4.27. The zero-order valence-electron chi connectivity index (χ0n) is 10.8. The number of carbonyl (C=O) groups is 1. The van der Waals surface area contributed by atoms with E-state index in [2.05, 4.69) is 5.32 Å². The van der Waals surface area contributed by atoms with Crippen LogP contribution in [0.3, 0.4) is 0 Å². The summed E-state index contributed by atoms with van der Waals surface area (Å²) in [5.41, 5.74) is 5.97. The molecule has 0 spiro atoms. The number of carbonyl (C=O) groups excluding carboxylic acids is 1. The normalized spacial score (nSPS) is 9.95. The van der Waals surface area contributed by atoms with Crippen LogP contribution in [0.5, 0.6) is 5.75 Å². The highest BCUT2D eigenvalue weighted by Crippen LogP contribution is 2.23. The molecule has 0 aliphatic rings. The number of anilines is 1. The average Bonchev–Trinajstić information content (AvgIpc) is 2.38. The van der Waals surface area contributed by atoms with Crippen molar-refractivity contribution in [1.82, 2.24) is 0 Å². The molecule has 1 rings (SSSR count). The Morgan fingerprint density at radius 1 is 1.42 bits per heavy atom. The Bertz CT molecular complexity index is 438. The number of hydrogen-bond acceptors (Lipinski definition) is 4. The van der Waals surface area contributed by atoms with Crippen LogP contribution in [0.15, 0.2) is 24.3 Å². The lowest BCUT2D eigenvalue weighted by Crippen LogP contribution is -2.19. The van der Waals surface area contributed by atoms with Crippen LogP contribution in [0, 0.1) is 0 Å². The fourth-order valence-corrected chi connectivity index (χ4v) is 1.43. The predicted octanol–water partition coefficient (Wildman–Crippen LogP) is 1.72. The van der Waals surface area contributed by atoms with Crippen molar-refractivity contribution in [2.75, 3.05) is 25.1 Å². The first-order chi connectivity index (χ1) is 9.13. The van der Waals surface area contributed by atoms with E-state index in [0.717, 1.165) is 0 Å². The monoisotopic (exact) mass is 282 g/mol. The minimum absolute atomic E-state index is 0.125. The largest absolute Gasteiger partial charge is 0.484 e. The van der Waals surface area contributed by atoms with Crippen LogP contribution in [0.25, 0.3) is 0 Å². The molecule has 0 unspecified atom stereocenters. The Morgan fingerprint density at radius 2 is 2.16 bits per heavy atom. The highest BCUT2D eigenvalue weighted by atomic mass is 32.1. The van der Waals surface area contributed by atoms with Crippen LogP contribution in [0.1, 0.15) is 13.3 Å². The number of nitrogens with one attached hydrogen (secondary N) is 1. The van der Waals surface area contributed by atoms with E-state index in [1.807, 2.05) is 19.1 Å². The van der Waals surface area contributed by atoms with Crippen molar-refractivity contribution in [3.05, 3.63) is 24.3 Å². The number of para-hydroxylation sites is 2. The Balaban J connectivity index is 2.56. The van der Waals surface area contributed by atoms with Gasteiger partial charge in [0.05, 0.1) is 18.7 Å². The molecule has 0 saturated heterocycles. The van der Waals surface area contributed by atoms with Crippen LogP contribution in [-0.2, 0) is 9.53 Å². The van der Waals surface area contributed by atoms with Crippen LogP contribution in [0.2, 0.25) is 0 Å². The van der Waals surface area contributed by atoms with E-state index in [1.54, 1.807) is 12.1 Å². The van der Waals surface area contributed by atoms with Crippen molar-refractivity contribution < 1.29 is 14.3 Å². The third kappa shape index (κ3) is 6.17. The van der Waals surface area contributed by atoms with Crippen LogP contribution in [0.4, 0.5) is 5.69 Å². The van der Waals surface area contributed by atoms with Crippen molar-refractivity contribution in [1.29, 1.82) is 0 Å². The molecule has 1 aromatic rings. The van der Waals surface area contributed by atoms with Crippen LogP contribution < -0.4 is 15.8 Å².